The first kappa shape index (κ1) is 15.1. The average Bonchev–Trinajstić information content (AvgIpc) is 2.20. The molecule has 0 amide bonds. The zero-order valence-electron chi connectivity index (χ0n) is 10.7. The Morgan fingerprint density at radius 1 is 0.733 bits per heavy atom. The zero-order chi connectivity index (χ0) is 11.7. The van der Waals surface area contributed by atoms with Crippen LogP contribution in [0.2, 0.25) is 0 Å². The molecule has 0 unspecified atom stereocenters. The lowest BCUT2D eigenvalue weighted by Crippen LogP contribution is -2.61. The van der Waals surface area contributed by atoms with Crippen LogP contribution in [0.5, 0.6) is 0 Å². The van der Waals surface area contributed by atoms with Gasteiger partial charge in [-0.05, 0) is 33.9 Å². The predicted molar refractivity (Wildman–Crippen MR) is 63.6 cm³/mol. The Hall–Kier alpha value is 0.0569. The molecule has 0 rings (SSSR count). The van der Waals surface area contributed by atoms with Crippen molar-refractivity contribution < 1.29 is 13.3 Å². The smallest absolute Gasteiger partial charge is 0.361 e. The van der Waals surface area contributed by atoms with E-state index in [0.29, 0.717) is 19.8 Å². The second kappa shape index (κ2) is 8.24. The van der Waals surface area contributed by atoms with Crippen LogP contribution in [0.15, 0.2) is 0 Å². The van der Waals surface area contributed by atoms with E-state index in [1.807, 2.05) is 20.8 Å². The van der Waals surface area contributed by atoms with Crippen LogP contribution in [-0.2, 0) is 13.3 Å². The Bertz CT molecular complexity index is 137. The van der Waals surface area contributed by atoms with Gasteiger partial charge < -0.3 is 13.3 Å². The zero-order valence-corrected chi connectivity index (χ0v) is 11.7. The Morgan fingerprint density at radius 3 is 1.27 bits per heavy atom. The van der Waals surface area contributed by atoms with E-state index in [1.54, 1.807) is 0 Å². The van der Waals surface area contributed by atoms with Crippen molar-refractivity contribution in [3.8, 4) is 0 Å². The molecule has 0 atom stereocenters. The van der Waals surface area contributed by atoms with Crippen LogP contribution < -0.4 is 0 Å². The molecular formula is C10H25NO3Si. The molecule has 0 aromatic heterocycles. The molecule has 0 saturated carbocycles. The highest BCUT2D eigenvalue weighted by Crippen LogP contribution is 2.15. The van der Waals surface area contributed by atoms with Crippen LogP contribution in [0.1, 0.15) is 34.6 Å². The number of rotatable bonds is 9. The lowest BCUT2D eigenvalue weighted by Gasteiger charge is -2.36. The fourth-order valence-corrected chi connectivity index (χ4v) is 4.22. The molecule has 0 aliphatic rings. The van der Waals surface area contributed by atoms with Crippen molar-refractivity contribution in [1.29, 1.82) is 0 Å². The first-order valence-electron chi connectivity index (χ1n) is 5.87. The molecule has 0 aliphatic heterocycles. The predicted octanol–water partition coefficient (Wildman–Crippen LogP) is 1.87. The normalized spacial score (nSPS) is 12.4. The minimum atomic E-state index is -2.59. The summed E-state index contributed by atoms with van der Waals surface area (Å²) in [5.74, 6) is 0. The van der Waals surface area contributed by atoms with E-state index in [4.69, 9.17) is 13.3 Å². The number of nitrogens with zero attached hydrogens (tertiary/aromatic N) is 1. The van der Waals surface area contributed by atoms with Gasteiger partial charge in [-0.1, -0.05) is 13.8 Å². The van der Waals surface area contributed by atoms with Crippen molar-refractivity contribution in [2.75, 3.05) is 32.9 Å². The molecule has 0 aromatic carbocycles. The summed E-state index contributed by atoms with van der Waals surface area (Å²) in [5.41, 5.74) is 0. The molecule has 5 heteroatoms. The first-order valence-corrected chi connectivity index (χ1v) is 7.54. The van der Waals surface area contributed by atoms with Crippen molar-refractivity contribution in [2.45, 2.75) is 34.6 Å². The quantitative estimate of drug-likeness (QED) is 0.571. The summed E-state index contributed by atoms with van der Waals surface area (Å²) in [7, 11) is -2.59. The van der Waals surface area contributed by atoms with Crippen LogP contribution in [0.25, 0.3) is 0 Å². The van der Waals surface area contributed by atoms with Crippen molar-refractivity contribution in [1.82, 2.24) is 4.57 Å². The van der Waals surface area contributed by atoms with Gasteiger partial charge in [-0.2, -0.15) is 0 Å². The summed E-state index contributed by atoms with van der Waals surface area (Å²) >= 11 is 0. The van der Waals surface area contributed by atoms with Gasteiger partial charge in [-0.3, -0.25) is 4.57 Å². The summed E-state index contributed by atoms with van der Waals surface area (Å²) in [6.07, 6.45) is 0. The molecule has 4 nitrogen and oxygen atoms in total. The molecule has 0 aliphatic carbocycles. The maximum Gasteiger partial charge on any atom is 0.599 e. The summed E-state index contributed by atoms with van der Waals surface area (Å²) in [5, 5.41) is 0. The second-order valence-corrected chi connectivity index (χ2v) is 5.54. The fourth-order valence-electron chi connectivity index (χ4n) is 1.56. The van der Waals surface area contributed by atoms with Gasteiger partial charge in [0.2, 0.25) is 0 Å². The fraction of sp³-hybridized carbons (Fsp3) is 1.00. The molecule has 0 radical (unpaired) electrons. The SMILES string of the molecule is CCO[Si](OCC)(OCC)N(CC)CC. The lowest BCUT2D eigenvalue weighted by molar-refractivity contribution is 0.0195. The summed E-state index contributed by atoms with van der Waals surface area (Å²) < 4.78 is 19.5. The molecule has 0 heterocycles. The Labute approximate surface area is 95.0 Å². The third-order valence-corrected chi connectivity index (χ3v) is 5.50. The molecule has 0 aromatic rings. The first-order chi connectivity index (χ1) is 7.20. The van der Waals surface area contributed by atoms with Gasteiger partial charge in [0.05, 0.1) is 0 Å². The average molecular weight is 235 g/mol. The third-order valence-electron chi connectivity index (χ3n) is 2.13. The largest absolute Gasteiger partial charge is 0.599 e. The van der Waals surface area contributed by atoms with Gasteiger partial charge >= 0.3 is 8.97 Å². The highest BCUT2D eigenvalue weighted by Gasteiger charge is 2.47. The molecular weight excluding hydrogens is 210 g/mol. The van der Waals surface area contributed by atoms with Crippen molar-refractivity contribution >= 4 is 8.97 Å². The highest BCUT2D eigenvalue weighted by molar-refractivity contribution is 6.57. The summed E-state index contributed by atoms with van der Waals surface area (Å²) in [6, 6.07) is 0. The molecule has 0 bridgehead atoms. The van der Waals surface area contributed by atoms with E-state index in [1.165, 1.54) is 0 Å². The molecule has 0 N–H and O–H groups in total. The van der Waals surface area contributed by atoms with Crippen LogP contribution in [0.4, 0.5) is 0 Å². The molecule has 0 saturated heterocycles. The van der Waals surface area contributed by atoms with E-state index in [9.17, 15) is 0 Å². The van der Waals surface area contributed by atoms with Crippen LogP contribution in [0.3, 0.4) is 0 Å². The lowest BCUT2D eigenvalue weighted by atomic mass is 10.7. The summed E-state index contributed by atoms with van der Waals surface area (Å²) in [6.45, 7) is 13.8. The number of hydrogen-bond acceptors (Lipinski definition) is 4. The minimum Gasteiger partial charge on any atom is -0.361 e. The molecule has 0 fully saturated rings. The van der Waals surface area contributed by atoms with E-state index < -0.39 is 8.97 Å². The topological polar surface area (TPSA) is 30.9 Å². The Balaban J connectivity index is 4.71. The monoisotopic (exact) mass is 235 g/mol. The molecule has 15 heavy (non-hydrogen) atoms. The van der Waals surface area contributed by atoms with Gasteiger partial charge in [0.1, 0.15) is 0 Å². The van der Waals surface area contributed by atoms with Crippen LogP contribution >= 0.6 is 0 Å². The highest BCUT2D eigenvalue weighted by atomic mass is 28.4. The van der Waals surface area contributed by atoms with Gasteiger partial charge in [0.15, 0.2) is 0 Å². The van der Waals surface area contributed by atoms with Crippen molar-refractivity contribution in [3.05, 3.63) is 0 Å². The Morgan fingerprint density at radius 2 is 1.07 bits per heavy atom. The molecule has 92 valence electrons. The van der Waals surface area contributed by atoms with E-state index in [0.717, 1.165) is 13.1 Å². The van der Waals surface area contributed by atoms with Crippen LogP contribution in [0, 0.1) is 0 Å². The van der Waals surface area contributed by atoms with Gasteiger partial charge in [-0.15, -0.1) is 0 Å². The van der Waals surface area contributed by atoms with Crippen molar-refractivity contribution in [2.24, 2.45) is 0 Å². The van der Waals surface area contributed by atoms with Gasteiger partial charge in [-0.25, -0.2) is 0 Å². The summed E-state index contributed by atoms with van der Waals surface area (Å²) in [4.78, 5) is 0. The molecule has 0 spiro atoms. The number of hydrogen-bond donors (Lipinski definition) is 0. The van der Waals surface area contributed by atoms with E-state index in [2.05, 4.69) is 18.4 Å². The third kappa shape index (κ3) is 4.20. The van der Waals surface area contributed by atoms with E-state index >= 15 is 0 Å². The second-order valence-electron chi connectivity index (χ2n) is 3.00. The van der Waals surface area contributed by atoms with Crippen LogP contribution in [-0.4, -0.2) is 46.4 Å². The minimum absolute atomic E-state index is 0.628. The Kier molecular flexibility index (Phi) is 8.27. The van der Waals surface area contributed by atoms with Gasteiger partial charge in [0, 0.05) is 19.8 Å². The standard InChI is InChI=1S/C10H25NO3Si/c1-6-11(7-2)15(12-8-3,13-9-4)14-10-5/h6-10H2,1-5H3. The van der Waals surface area contributed by atoms with E-state index in [-0.39, 0.29) is 0 Å². The van der Waals surface area contributed by atoms with Gasteiger partial charge in [0.25, 0.3) is 0 Å². The maximum absolute atomic E-state index is 5.77. The maximum atomic E-state index is 5.77. The van der Waals surface area contributed by atoms with Crippen molar-refractivity contribution in [3.63, 3.8) is 0 Å².